The van der Waals surface area contributed by atoms with Crippen LogP contribution in [0.4, 0.5) is 0 Å². The fourth-order valence-electron chi connectivity index (χ4n) is 7.84. The fourth-order valence-corrected chi connectivity index (χ4v) is 8.84. The zero-order valence-electron chi connectivity index (χ0n) is 17.1. The maximum Gasteiger partial charge on any atom is -0.00302 e. The summed E-state index contributed by atoms with van der Waals surface area (Å²) in [6.07, 6.45) is 19.9. The fraction of sp³-hybridized carbons (Fsp3) is 0.538. The van der Waals surface area contributed by atoms with Gasteiger partial charge in [-0.2, -0.15) is 37.9 Å². The quantitative estimate of drug-likeness (QED) is 0.392. The third kappa shape index (κ3) is 3.40. The van der Waals surface area contributed by atoms with Crippen molar-refractivity contribution in [1.82, 2.24) is 0 Å². The molecule has 4 fully saturated rings. The van der Waals surface area contributed by atoms with Crippen LogP contribution >= 0.6 is 37.9 Å². The Balaban J connectivity index is 1.48. The van der Waals surface area contributed by atoms with Crippen molar-refractivity contribution in [2.45, 2.75) is 50.4 Å². The maximum atomic E-state index is 4.88. The van der Waals surface area contributed by atoms with Gasteiger partial charge in [0.05, 0.1) is 0 Å². The van der Waals surface area contributed by atoms with E-state index in [-0.39, 0.29) is 5.41 Å². The van der Waals surface area contributed by atoms with Gasteiger partial charge >= 0.3 is 0 Å². The van der Waals surface area contributed by atoms with Gasteiger partial charge in [0.1, 0.15) is 0 Å². The van der Waals surface area contributed by atoms with Crippen LogP contribution in [-0.4, -0.2) is 17.3 Å². The summed E-state index contributed by atoms with van der Waals surface area (Å²) in [5.41, 5.74) is 5.60. The Morgan fingerprint density at radius 3 is 1.72 bits per heavy atom. The molecule has 0 nitrogen and oxygen atoms in total. The van der Waals surface area contributed by atoms with Crippen molar-refractivity contribution >= 4 is 44.0 Å². The minimum atomic E-state index is 0.281. The highest BCUT2D eigenvalue weighted by molar-refractivity contribution is 7.80. The van der Waals surface area contributed by atoms with Gasteiger partial charge in [-0.15, -0.1) is 0 Å². The number of thiol groups is 3. The van der Waals surface area contributed by atoms with Crippen LogP contribution in [0.3, 0.4) is 0 Å². The maximum absolute atomic E-state index is 4.88. The van der Waals surface area contributed by atoms with Crippen molar-refractivity contribution in [3.8, 4) is 0 Å². The molecule has 6 rings (SSSR count). The van der Waals surface area contributed by atoms with E-state index in [0.29, 0.717) is 16.2 Å². The zero-order valence-corrected chi connectivity index (χ0v) is 19.8. The monoisotopic (exact) mass is 440 g/mol. The summed E-state index contributed by atoms with van der Waals surface area (Å²) in [5, 5.41) is 0. The largest absolute Gasteiger partial charge is 0.179 e. The molecule has 4 bridgehead atoms. The summed E-state index contributed by atoms with van der Waals surface area (Å²) in [6.45, 7) is 0. The SMILES string of the molecule is SCC12CC3(CS)CC(CS)(C1)CC(c1ccc(/C=C/C4=CC=CC4)cc1)(C2)C3. The van der Waals surface area contributed by atoms with Gasteiger partial charge < -0.3 is 0 Å². The average molecular weight is 441 g/mol. The molecule has 0 spiro atoms. The van der Waals surface area contributed by atoms with E-state index in [2.05, 4.69) is 54.6 Å². The molecule has 4 saturated carbocycles. The topological polar surface area (TPSA) is 0 Å². The van der Waals surface area contributed by atoms with Gasteiger partial charge in [-0.1, -0.05) is 54.6 Å². The standard InChI is InChI=1S/C26H32S3/c27-17-23-11-24(18-28)13-25(12-23,19-29)16-26(14-23,15-24)22-9-7-21(8-10-22)6-5-20-3-1-2-4-20/h1-3,5-10,27-29H,4,11-19H2/b6-5+. The van der Waals surface area contributed by atoms with Crippen LogP contribution < -0.4 is 0 Å². The molecule has 29 heavy (non-hydrogen) atoms. The van der Waals surface area contributed by atoms with Gasteiger partial charge in [-0.05, 0) is 101 Å². The molecule has 1 aromatic carbocycles. The van der Waals surface area contributed by atoms with Crippen LogP contribution in [0.15, 0.2) is 54.1 Å². The van der Waals surface area contributed by atoms with E-state index in [1.807, 2.05) is 0 Å². The second-order valence-corrected chi connectivity index (χ2v) is 11.6. The number of hydrogen-bond acceptors (Lipinski definition) is 3. The van der Waals surface area contributed by atoms with E-state index in [4.69, 9.17) is 37.9 Å². The Morgan fingerprint density at radius 1 is 0.724 bits per heavy atom. The number of hydrogen-bond donors (Lipinski definition) is 3. The van der Waals surface area contributed by atoms with Crippen LogP contribution in [-0.2, 0) is 5.41 Å². The molecule has 0 aliphatic heterocycles. The van der Waals surface area contributed by atoms with Crippen molar-refractivity contribution in [1.29, 1.82) is 0 Å². The lowest BCUT2D eigenvalue weighted by molar-refractivity contribution is -0.145. The van der Waals surface area contributed by atoms with Crippen LogP contribution in [0.5, 0.6) is 0 Å². The molecule has 0 heterocycles. The van der Waals surface area contributed by atoms with Crippen molar-refractivity contribution < 1.29 is 0 Å². The number of benzene rings is 1. The van der Waals surface area contributed by atoms with E-state index in [9.17, 15) is 0 Å². The second-order valence-electron chi connectivity index (χ2n) is 10.6. The van der Waals surface area contributed by atoms with E-state index in [1.165, 1.54) is 49.7 Å². The van der Waals surface area contributed by atoms with Gasteiger partial charge in [0.2, 0.25) is 0 Å². The van der Waals surface area contributed by atoms with E-state index in [0.717, 1.165) is 23.7 Å². The first-order valence-electron chi connectivity index (χ1n) is 11.0. The molecule has 0 atom stereocenters. The van der Waals surface area contributed by atoms with Gasteiger partial charge in [-0.25, -0.2) is 0 Å². The third-order valence-electron chi connectivity index (χ3n) is 8.21. The summed E-state index contributed by atoms with van der Waals surface area (Å²) in [7, 11) is 0. The molecular formula is C26H32S3. The predicted octanol–water partition coefficient (Wildman–Crippen LogP) is 6.95. The summed E-state index contributed by atoms with van der Waals surface area (Å²) >= 11 is 14.7. The Labute approximate surface area is 192 Å². The summed E-state index contributed by atoms with van der Waals surface area (Å²) in [6, 6.07) is 9.47. The molecule has 0 saturated heterocycles. The Hall–Kier alpha value is -0.510. The van der Waals surface area contributed by atoms with E-state index < -0.39 is 0 Å². The van der Waals surface area contributed by atoms with Crippen molar-refractivity contribution in [2.24, 2.45) is 16.2 Å². The smallest absolute Gasteiger partial charge is 0.00302 e. The molecule has 1 aromatic rings. The average Bonchev–Trinajstić information content (AvgIpc) is 3.25. The van der Waals surface area contributed by atoms with E-state index in [1.54, 1.807) is 5.56 Å². The third-order valence-corrected chi connectivity index (χ3v) is 10.2. The van der Waals surface area contributed by atoms with Crippen molar-refractivity contribution in [3.63, 3.8) is 0 Å². The van der Waals surface area contributed by atoms with Gasteiger partial charge in [-0.3, -0.25) is 0 Å². The Bertz CT molecular complexity index is 817. The Morgan fingerprint density at radius 2 is 1.28 bits per heavy atom. The number of rotatable bonds is 6. The highest BCUT2D eigenvalue weighted by Gasteiger charge is 2.67. The van der Waals surface area contributed by atoms with Gasteiger partial charge in [0.25, 0.3) is 0 Å². The highest BCUT2D eigenvalue weighted by atomic mass is 32.1. The van der Waals surface area contributed by atoms with Crippen LogP contribution in [0, 0.1) is 16.2 Å². The van der Waals surface area contributed by atoms with E-state index >= 15 is 0 Å². The molecule has 154 valence electrons. The van der Waals surface area contributed by atoms with Crippen LogP contribution in [0.25, 0.3) is 6.08 Å². The molecule has 0 radical (unpaired) electrons. The predicted molar refractivity (Wildman–Crippen MR) is 136 cm³/mol. The first-order valence-corrected chi connectivity index (χ1v) is 12.8. The molecular weight excluding hydrogens is 408 g/mol. The number of allylic oxidation sites excluding steroid dienone is 5. The highest BCUT2D eigenvalue weighted by Crippen LogP contribution is 2.74. The lowest BCUT2D eigenvalue weighted by Gasteiger charge is -2.71. The second kappa shape index (κ2) is 7.28. The molecule has 3 heteroatoms. The Kier molecular flexibility index (Phi) is 5.12. The summed E-state index contributed by atoms with van der Waals surface area (Å²) in [5.74, 6) is 3.01. The van der Waals surface area contributed by atoms with Crippen molar-refractivity contribution in [3.05, 3.63) is 65.3 Å². The van der Waals surface area contributed by atoms with Gasteiger partial charge in [0.15, 0.2) is 0 Å². The minimum absolute atomic E-state index is 0.281. The molecule has 5 aliphatic rings. The molecule has 0 N–H and O–H groups in total. The summed E-state index contributed by atoms with van der Waals surface area (Å²) in [4.78, 5) is 0. The molecule has 0 amide bonds. The lowest BCUT2D eigenvalue weighted by Crippen LogP contribution is -2.64. The normalized spacial score (nSPS) is 40.2. The van der Waals surface area contributed by atoms with Crippen molar-refractivity contribution in [2.75, 3.05) is 17.3 Å². The molecule has 0 aromatic heterocycles. The first kappa shape index (κ1) is 20.4. The summed E-state index contributed by atoms with van der Waals surface area (Å²) < 4.78 is 0. The van der Waals surface area contributed by atoms with Crippen LogP contribution in [0.2, 0.25) is 0 Å². The zero-order chi connectivity index (χ0) is 20.2. The molecule has 0 unspecified atom stereocenters. The minimum Gasteiger partial charge on any atom is -0.179 e. The van der Waals surface area contributed by atoms with Gasteiger partial charge in [0, 0.05) is 0 Å². The molecule has 5 aliphatic carbocycles. The first-order chi connectivity index (χ1) is 14.0. The van der Waals surface area contributed by atoms with Crippen LogP contribution in [0.1, 0.15) is 56.1 Å². The lowest BCUT2D eigenvalue weighted by atomic mass is 9.35.